The number of nitrogens with one attached hydrogen (secondary N) is 2. The van der Waals surface area contributed by atoms with Gasteiger partial charge in [-0.2, -0.15) is 0 Å². The smallest absolute Gasteiger partial charge is 0.272 e. The maximum absolute atomic E-state index is 13.2. The molecular weight excluding hydrogens is 432 g/mol. The van der Waals surface area contributed by atoms with E-state index in [2.05, 4.69) is 10.6 Å². The largest absolute Gasteiger partial charge is 0.393 e. The number of benzene rings is 2. The zero-order valence-corrected chi connectivity index (χ0v) is 18.8. The highest BCUT2D eigenvalue weighted by atomic mass is 35.5. The van der Waals surface area contributed by atoms with Crippen molar-refractivity contribution in [3.8, 4) is 0 Å². The summed E-state index contributed by atoms with van der Waals surface area (Å²) in [7, 11) is 1.73. The van der Waals surface area contributed by atoms with Gasteiger partial charge in [0.25, 0.3) is 5.91 Å². The molecule has 1 aliphatic heterocycles. The Labute approximate surface area is 192 Å². The van der Waals surface area contributed by atoms with E-state index in [0.717, 1.165) is 42.5 Å². The summed E-state index contributed by atoms with van der Waals surface area (Å²) in [6, 6.07) is 15.3. The van der Waals surface area contributed by atoms with Gasteiger partial charge in [0.2, 0.25) is 6.17 Å². The number of fused-ring (bicyclic) bond motifs is 1. The van der Waals surface area contributed by atoms with Gasteiger partial charge in [-0.25, -0.2) is 4.99 Å². The Balaban J connectivity index is 1.64. The number of anilines is 1. The zero-order chi connectivity index (χ0) is 22.0. The summed E-state index contributed by atoms with van der Waals surface area (Å²) in [5, 5.41) is 17.0. The van der Waals surface area contributed by atoms with E-state index in [1.54, 1.807) is 18.0 Å². The maximum Gasteiger partial charge on any atom is 0.272 e. The van der Waals surface area contributed by atoms with Crippen LogP contribution in [0.15, 0.2) is 53.5 Å². The summed E-state index contributed by atoms with van der Waals surface area (Å²) in [4.78, 5) is 19.6. The zero-order valence-electron chi connectivity index (χ0n) is 17.2. The molecular formula is C23H25ClN4O2S. The number of rotatable bonds is 3. The molecule has 6 nitrogen and oxygen atoms in total. The minimum absolute atomic E-state index is 0.176. The fourth-order valence-corrected chi connectivity index (χ4v) is 4.49. The predicted octanol–water partition coefficient (Wildman–Crippen LogP) is 3.25. The van der Waals surface area contributed by atoms with Gasteiger partial charge < -0.3 is 20.6 Å². The van der Waals surface area contributed by atoms with Crippen molar-refractivity contribution in [3.63, 3.8) is 0 Å². The lowest BCUT2D eigenvalue weighted by Crippen LogP contribution is -2.51. The number of hydrogen-bond donors (Lipinski definition) is 3. The van der Waals surface area contributed by atoms with Crippen LogP contribution in [0.25, 0.3) is 0 Å². The molecule has 2 aromatic carbocycles. The molecule has 1 fully saturated rings. The van der Waals surface area contributed by atoms with Gasteiger partial charge in [-0.05, 0) is 56.1 Å². The highest BCUT2D eigenvalue weighted by molar-refractivity contribution is 7.80. The van der Waals surface area contributed by atoms with E-state index in [0.29, 0.717) is 15.8 Å². The topological polar surface area (TPSA) is 77.0 Å². The van der Waals surface area contributed by atoms with Crippen LogP contribution in [-0.4, -0.2) is 47.2 Å². The average molecular weight is 457 g/mol. The van der Waals surface area contributed by atoms with Gasteiger partial charge in [0, 0.05) is 29.2 Å². The maximum atomic E-state index is 13.2. The van der Waals surface area contributed by atoms with Gasteiger partial charge >= 0.3 is 0 Å². The fraction of sp³-hybridized carbons (Fsp3) is 0.348. The molecule has 4 rings (SSSR count). The summed E-state index contributed by atoms with van der Waals surface area (Å²) in [5.41, 5.74) is 3.10. The quantitative estimate of drug-likeness (QED) is 0.618. The molecule has 31 heavy (non-hydrogen) atoms. The molecule has 1 heterocycles. The second kappa shape index (κ2) is 9.34. The number of halogens is 1. The van der Waals surface area contributed by atoms with E-state index < -0.39 is 6.17 Å². The normalized spacial score (nSPS) is 23.5. The molecule has 1 atom stereocenters. The Morgan fingerprint density at radius 1 is 1.13 bits per heavy atom. The lowest BCUT2D eigenvalue weighted by Gasteiger charge is -2.28. The molecule has 1 saturated carbocycles. The predicted molar refractivity (Wildman–Crippen MR) is 128 cm³/mol. The van der Waals surface area contributed by atoms with E-state index in [4.69, 9.17) is 28.8 Å². The summed E-state index contributed by atoms with van der Waals surface area (Å²) in [6.07, 6.45) is 2.06. The first kappa shape index (κ1) is 21.7. The van der Waals surface area contributed by atoms with Crippen LogP contribution >= 0.6 is 23.8 Å². The highest BCUT2D eigenvalue weighted by Gasteiger charge is 2.31. The molecule has 2 aliphatic rings. The summed E-state index contributed by atoms with van der Waals surface area (Å²) in [5.74, 6) is -0.210. The van der Waals surface area contributed by atoms with E-state index in [1.165, 1.54) is 0 Å². The molecule has 0 spiro atoms. The SMILES string of the molecule is CN1C(=O)C(NC(=S)NC2CCC(O)CC2)N=C(c2ccccc2)c2cc(Cl)ccc21. The molecule has 0 radical (unpaired) electrons. The molecule has 3 N–H and O–H groups in total. The third kappa shape index (κ3) is 4.89. The van der Waals surface area contributed by atoms with Crippen molar-refractivity contribution in [1.82, 2.24) is 10.6 Å². The molecule has 1 aliphatic carbocycles. The number of thiocarbonyl (C=S) groups is 1. The number of aliphatic hydroxyl groups is 1. The van der Waals surface area contributed by atoms with Gasteiger partial charge in [0.1, 0.15) is 0 Å². The van der Waals surface area contributed by atoms with Gasteiger partial charge in [-0.3, -0.25) is 4.79 Å². The van der Waals surface area contributed by atoms with Crippen LogP contribution < -0.4 is 15.5 Å². The molecule has 1 unspecified atom stereocenters. The van der Waals surface area contributed by atoms with Crippen molar-refractivity contribution < 1.29 is 9.90 Å². The van der Waals surface area contributed by atoms with Crippen molar-refractivity contribution in [3.05, 3.63) is 64.7 Å². The first-order valence-electron chi connectivity index (χ1n) is 10.4. The Kier molecular flexibility index (Phi) is 6.55. The van der Waals surface area contributed by atoms with Crippen LogP contribution in [0.2, 0.25) is 5.02 Å². The number of aliphatic imine (C=N–C) groups is 1. The fourth-order valence-electron chi connectivity index (χ4n) is 4.04. The lowest BCUT2D eigenvalue weighted by molar-refractivity contribution is -0.119. The van der Waals surface area contributed by atoms with Gasteiger partial charge in [-0.1, -0.05) is 41.9 Å². The second-order valence-corrected chi connectivity index (χ2v) is 8.77. The Hall–Kier alpha value is -2.48. The first-order valence-corrected chi connectivity index (χ1v) is 11.2. The van der Waals surface area contributed by atoms with Crippen molar-refractivity contribution in [2.24, 2.45) is 4.99 Å². The van der Waals surface area contributed by atoms with Crippen molar-refractivity contribution in [1.29, 1.82) is 0 Å². The Morgan fingerprint density at radius 2 is 1.84 bits per heavy atom. The first-order chi connectivity index (χ1) is 14.9. The van der Waals surface area contributed by atoms with Crippen LogP contribution in [0.5, 0.6) is 0 Å². The molecule has 162 valence electrons. The summed E-state index contributed by atoms with van der Waals surface area (Å²) < 4.78 is 0. The molecule has 0 aromatic heterocycles. The number of nitrogens with zero attached hydrogens (tertiary/aromatic N) is 2. The van der Waals surface area contributed by atoms with Crippen LogP contribution in [0.3, 0.4) is 0 Å². The van der Waals surface area contributed by atoms with Crippen molar-refractivity contribution >= 4 is 46.2 Å². The number of hydrogen-bond acceptors (Lipinski definition) is 4. The lowest BCUT2D eigenvalue weighted by atomic mass is 9.93. The number of amides is 1. The van der Waals surface area contributed by atoms with E-state index in [9.17, 15) is 9.90 Å². The van der Waals surface area contributed by atoms with Crippen LogP contribution in [0.1, 0.15) is 36.8 Å². The third-order valence-corrected chi connectivity index (χ3v) is 6.22. The standard InChI is InChI=1S/C23H25ClN4O2S/c1-28-19-12-7-15(24)13-18(19)20(14-5-3-2-4-6-14)26-21(22(28)30)27-23(31)25-16-8-10-17(29)11-9-16/h2-7,12-13,16-17,21,29H,8-11H2,1H3,(H2,25,27,31). The number of carbonyl (C=O) groups is 1. The number of likely N-dealkylation sites (N-methyl/N-ethyl adjacent to an activating group) is 1. The number of aliphatic hydroxyl groups excluding tert-OH is 1. The van der Waals surface area contributed by atoms with Crippen LogP contribution in [0.4, 0.5) is 5.69 Å². The molecule has 8 heteroatoms. The van der Waals surface area contributed by atoms with E-state index in [-0.39, 0.29) is 18.1 Å². The monoisotopic (exact) mass is 456 g/mol. The van der Waals surface area contributed by atoms with Gasteiger partial charge in [-0.15, -0.1) is 0 Å². The summed E-state index contributed by atoms with van der Waals surface area (Å²) >= 11 is 11.8. The molecule has 0 bridgehead atoms. The van der Waals surface area contributed by atoms with Crippen molar-refractivity contribution in [2.45, 2.75) is 44.0 Å². The van der Waals surface area contributed by atoms with E-state index >= 15 is 0 Å². The minimum Gasteiger partial charge on any atom is -0.393 e. The molecule has 0 saturated heterocycles. The van der Waals surface area contributed by atoms with E-state index in [1.807, 2.05) is 42.5 Å². The van der Waals surface area contributed by atoms with Crippen molar-refractivity contribution in [2.75, 3.05) is 11.9 Å². The second-order valence-electron chi connectivity index (χ2n) is 7.93. The third-order valence-electron chi connectivity index (χ3n) is 5.74. The molecule has 1 amide bonds. The van der Waals surface area contributed by atoms with Gasteiger partial charge in [0.15, 0.2) is 5.11 Å². The Bertz CT molecular complexity index is 1010. The summed E-state index contributed by atoms with van der Waals surface area (Å²) in [6.45, 7) is 0. The minimum atomic E-state index is -0.874. The van der Waals surface area contributed by atoms with Crippen LogP contribution in [0, 0.1) is 0 Å². The number of carbonyl (C=O) groups excluding carboxylic acids is 1. The van der Waals surface area contributed by atoms with Gasteiger partial charge in [0.05, 0.1) is 17.5 Å². The number of benzodiazepines with no additional fused rings is 1. The Morgan fingerprint density at radius 3 is 2.55 bits per heavy atom. The average Bonchev–Trinajstić information content (AvgIpc) is 2.86. The highest BCUT2D eigenvalue weighted by Crippen LogP contribution is 2.30. The van der Waals surface area contributed by atoms with Crippen LogP contribution in [-0.2, 0) is 4.79 Å². The molecule has 2 aromatic rings.